The van der Waals surface area contributed by atoms with Crippen molar-refractivity contribution in [3.8, 4) is 0 Å². The van der Waals surface area contributed by atoms with Gasteiger partial charge in [0.1, 0.15) is 0 Å². The quantitative estimate of drug-likeness (QED) is 0.860. The normalized spacial score (nSPS) is 22.0. The van der Waals surface area contributed by atoms with E-state index in [1.807, 2.05) is 42.2 Å². The predicted octanol–water partition coefficient (Wildman–Crippen LogP) is 3.24. The number of piperidine rings is 1. The van der Waals surface area contributed by atoms with Gasteiger partial charge in [0, 0.05) is 35.1 Å². The first-order valence-corrected chi connectivity index (χ1v) is 8.21. The topological polar surface area (TPSA) is 59.2 Å². The fourth-order valence-electron chi connectivity index (χ4n) is 2.99. The number of hydrogen-bond acceptors (Lipinski definition) is 3. The molecule has 2 N–H and O–H groups in total. The van der Waals surface area contributed by atoms with Crippen LogP contribution in [0.3, 0.4) is 0 Å². The molecule has 1 fully saturated rings. The summed E-state index contributed by atoms with van der Waals surface area (Å²) in [4.78, 5) is 18.8. The molecule has 1 aliphatic heterocycles. The number of nitrogens with zero attached hydrogens (tertiary/aromatic N) is 2. The maximum absolute atomic E-state index is 12.4. The van der Waals surface area contributed by atoms with E-state index in [2.05, 4.69) is 4.98 Å². The molecule has 2 atom stereocenters. The zero-order valence-electron chi connectivity index (χ0n) is 13.1. The molecule has 1 aromatic heterocycles. The second-order valence-corrected chi connectivity index (χ2v) is 6.51. The predicted molar refractivity (Wildman–Crippen MR) is 94.2 cm³/mol. The molecule has 1 aliphatic rings. The highest BCUT2D eigenvalue weighted by atomic mass is 35.5. The van der Waals surface area contributed by atoms with Gasteiger partial charge in [-0.1, -0.05) is 23.7 Å². The Kier molecular flexibility index (Phi) is 4.64. The van der Waals surface area contributed by atoms with Gasteiger partial charge in [-0.05, 0) is 44.0 Å². The molecule has 0 bridgehead atoms. The SMILES string of the molecule is CC1CC(N)CCN1C(=O)C=Cc1ccc2ccc(Cl)cc2n1. The highest BCUT2D eigenvalue weighted by Crippen LogP contribution is 2.19. The lowest BCUT2D eigenvalue weighted by molar-refractivity contribution is -0.129. The number of pyridine rings is 1. The van der Waals surface area contributed by atoms with Crippen LogP contribution in [-0.2, 0) is 4.79 Å². The molecule has 2 unspecified atom stereocenters. The van der Waals surface area contributed by atoms with Crippen molar-refractivity contribution < 1.29 is 4.79 Å². The van der Waals surface area contributed by atoms with Crippen LogP contribution in [0.4, 0.5) is 0 Å². The number of nitrogens with two attached hydrogens (primary N) is 1. The molecule has 3 rings (SSSR count). The van der Waals surface area contributed by atoms with Crippen molar-refractivity contribution in [2.24, 2.45) is 5.73 Å². The Morgan fingerprint density at radius 1 is 1.39 bits per heavy atom. The van der Waals surface area contributed by atoms with Crippen molar-refractivity contribution in [1.82, 2.24) is 9.88 Å². The number of carbonyl (C=O) groups is 1. The van der Waals surface area contributed by atoms with Gasteiger partial charge < -0.3 is 10.6 Å². The largest absolute Gasteiger partial charge is 0.336 e. The van der Waals surface area contributed by atoms with E-state index in [4.69, 9.17) is 17.3 Å². The standard InChI is InChI=1S/C18H20ClN3O/c1-12-10-15(20)8-9-22(12)18(23)7-6-16-5-3-13-2-4-14(19)11-17(13)21-16/h2-7,11-12,15H,8-10,20H2,1H3. The summed E-state index contributed by atoms with van der Waals surface area (Å²) in [5.41, 5.74) is 7.51. The number of likely N-dealkylation sites (tertiary alicyclic amines) is 1. The van der Waals surface area contributed by atoms with Gasteiger partial charge in [0.05, 0.1) is 11.2 Å². The molecule has 2 aromatic rings. The lowest BCUT2D eigenvalue weighted by atomic mass is 9.99. The van der Waals surface area contributed by atoms with Crippen LogP contribution in [0.15, 0.2) is 36.4 Å². The van der Waals surface area contributed by atoms with Gasteiger partial charge in [0.25, 0.3) is 0 Å². The van der Waals surface area contributed by atoms with Crippen LogP contribution in [0.25, 0.3) is 17.0 Å². The van der Waals surface area contributed by atoms with Gasteiger partial charge in [-0.15, -0.1) is 0 Å². The molecule has 1 amide bonds. The Hall–Kier alpha value is -1.91. The zero-order chi connectivity index (χ0) is 16.4. The number of hydrogen-bond donors (Lipinski definition) is 1. The Balaban J connectivity index is 1.75. The van der Waals surface area contributed by atoms with Crippen molar-refractivity contribution in [2.75, 3.05) is 6.54 Å². The fourth-order valence-corrected chi connectivity index (χ4v) is 3.15. The number of aromatic nitrogens is 1. The maximum Gasteiger partial charge on any atom is 0.246 e. The third-order valence-electron chi connectivity index (χ3n) is 4.27. The van der Waals surface area contributed by atoms with Crippen molar-refractivity contribution in [2.45, 2.75) is 31.8 Å². The summed E-state index contributed by atoms with van der Waals surface area (Å²) < 4.78 is 0. The third-order valence-corrected chi connectivity index (χ3v) is 4.51. The van der Waals surface area contributed by atoms with Crippen LogP contribution >= 0.6 is 11.6 Å². The number of fused-ring (bicyclic) bond motifs is 1. The first-order chi connectivity index (χ1) is 11.0. The fraction of sp³-hybridized carbons (Fsp3) is 0.333. The molecule has 5 heteroatoms. The van der Waals surface area contributed by atoms with Gasteiger partial charge in [-0.3, -0.25) is 4.79 Å². The van der Waals surface area contributed by atoms with Crippen molar-refractivity contribution in [3.05, 3.63) is 47.1 Å². The highest BCUT2D eigenvalue weighted by molar-refractivity contribution is 6.31. The smallest absolute Gasteiger partial charge is 0.246 e. The zero-order valence-corrected chi connectivity index (χ0v) is 13.8. The second-order valence-electron chi connectivity index (χ2n) is 6.07. The summed E-state index contributed by atoms with van der Waals surface area (Å²) in [6.07, 6.45) is 5.05. The summed E-state index contributed by atoms with van der Waals surface area (Å²) in [6, 6.07) is 9.85. The monoisotopic (exact) mass is 329 g/mol. The number of amides is 1. The molecule has 120 valence electrons. The lowest BCUT2D eigenvalue weighted by Crippen LogP contribution is -2.47. The van der Waals surface area contributed by atoms with E-state index in [9.17, 15) is 4.79 Å². The Morgan fingerprint density at radius 3 is 2.96 bits per heavy atom. The van der Waals surface area contributed by atoms with Crippen LogP contribution in [0, 0.1) is 0 Å². The van der Waals surface area contributed by atoms with Crippen LogP contribution in [0.1, 0.15) is 25.5 Å². The molecule has 4 nitrogen and oxygen atoms in total. The third kappa shape index (κ3) is 3.71. The van der Waals surface area contributed by atoms with Crippen LogP contribution in [0.5, 0.6) is 0 Å². The molecule has 0 radical (unpaired) electrons. The lowest BCUT2D eigenvalue weighted by Gasteiger charge is -2.35. The first-order valence-electron chi connectivity index (χ1n) is 7.83. The van der Waals surface area contributed by atoms with Crippen molar-refractivity contribution in [1.29, 1.82) is 0 Å². The minimum absolute atomic E-state index is 0.0115. The van der Waals surface area contributed by atoms with E-state index < -0.39 is 0 Å². The minimum Gasteiger partial charge on any atom is -0.336 e. The summed E-state index contributed by atoms with van der Waals surface area (Å²) in [5, 5.41) is 1.68. The average molecular weight is 330 g/mol. The highest BCUT2D eigenvalue weighted by Gasteiger charge is 2.25. The first kappa shape index (κ1) is 16.0. The summed E-state index contributed by atoms with van der Waals surface area (Å²) >= 11 is 6.00. The van der Waals surface area contributed by atoms with E-state index in [-0.39, 0.29) is 18.0 Å². The Bertz CT molecular complexity index is 759. The molecule has 0 saturated carbocycles. The van der Waals surface area contributed by atoms with Gasteiger partial charge in [-0.2, -0.15) is 0 Å². The minimum atomic E-state index is 0.0115. The van der Waals surface area contributed by atoms with Gasteiger partial charge in [0.15, 0.2) is 0 Å². The van der Waals surface area contributed by atoms with Crippen LogP contribution in [0.2, 0.25) is 5.02 Å². The molecule has 0 aliphatic carbocycles. The number of benzene rings is 1. The number of halogens is 1. The van der Waals surface area contributed by atoms with E-state index in [0.29, 0.717) is 11.6 Å². The van der Waals surface area contributed by atoms with E-state index in [1.165, 1.54) is 0 Å². The van der Waals surface area contributed by atoms with E-state index >= 15 is 0 Å². The number of carbonyl (C=O) groups excluding carboxylic acids is 1. The Morgan fingerprint density at radius 2 is 2.17 bits per heavy atom. The van der Waals surface area contributed by atoms with Crippen LogP contribution in [-0.4, -0.2) is 34.4 Å². The molecular weight excluding hydrogens is 310 g/mol. The number of rotatable bonds is 2. The van der Waals surface area contributed by atoms with E-state index in [1.54, 1.807) is 12.2 Å². The second kappa shape index (κ2) is 6.69. The van der Waals surface area contributed by atoms with E-state index in [0.717, 1.165) is 29.4 Å². The molecule has 0 spiro atoms. The van der Waals surface area contributed by atoms with Gasteiger partial charge in [-0.25, -0.2) is 4.98 Å². The van der Waals surface area contributed by atoms with Gasteiger partial charge >= 0.3 is 0 Å². The molecular formula is C18H20ClN3O. The Labute approximate surface area is 140 Å². The molecule has 23 heavy (non-hydrogen) atoms. The molecule has 1 aromatic carbocycles. The van der Waals surface area contributed by atoms with Crippen molar-refractivity contribution in [3.63, 3.8) is 0 Å². The average Bonchev–Trinajstić information content (AvgIpc) is 2.52. The summed E-state index contributed by atoms with van der Waals surface area (Å²) in [7, 11) is 0. The molecule has 1 saturated heterocycles. The molecule has 2 heterocycles. The van der Waals surface area contributed by atoms with Crippen LogP contribution < -0.4 is 5.73 Å². The summed E-state index contributed by atoms with van der Waals surface area (Å²) in [6.45, 7) is 2.76. The maximum atomic E-state index is 12.4. The van der Waals surface area contributed by atoms with Crippen molar-refractivity contribution >= 4 is 34.5 Å². The summed E-state index contributed by atoms with van der Waals surface area (Å²) in [5.74, 6) is 0.0115. The van der Waals surface area contributed by atoms with Gasteiger partial charge in [0.2, 0.25) is 5.91 Å².